The van der Waals surface area contributed by atoms with Gasteiger partial charge in [0.2, 0.25) is 0 Å². The molecule has 0 atom stereocenters. The first-order valence-electron chi connectivity index (χ1n) is 17.2. The zero-order chi connectivity index (χ0) is 34.6. The van der Waals surface area contributed by atoms with Gasteiger partial charge >= 0.3 is 4.70 Å². The van der Waals surface area contributed by atoms with Gasteiger partial charge < -0.3 is 4.48 Å². The van der Waals surface area contributed by atoms with Gasteiger partial charge in [-0.2, -0.15) is 0 Å². The van der Waals surface area contributed by atoms with Crippen LogP contribution in [-0.2, 0) is 0 Å². The Morgan fingerprint density at radius 3 is 1.75 bits per heavy atom. The zero-order valence-corrected chi connectivity index (χ0v) is 30.8. The maximum Gasteiger partial charge on any atom is 0.366 e. The van der Waals surface area contributed by atoms with Crippen LogP contribution in [0.5, 0.6) is 0 Å². The number of aromatic nitrogens is 4. The molecule has 7 heteroatoms. The average Bonchev–Trinajstić information content (AvgIpc) is 3.77. The lowest BCUT2D eigenvalue weighted by atomic mass is 9.81. The molecule has 0 amide bonds. The highest BCUT2D eigenvalue weighted by atomic mass is 127. The Morgan fingerprint density at radius 1 is 0.442 bits per heavy atom. The summed E-state index contributed by atoms with van der Waals surface area (Å²) in [4.78, 5) is 15.5. The summed E-state index contributed by atoms with van der Waals surface area (Å²) in [6.45, 7) is 0. The Hall–Kier alpha value is -5.64. The van der Waals surface area contributed by atoms with Gasteiger partial charge in [0.1, 0.15) is 0 Å². The van der Waals surface area contributed by atoms with Crippen molar-refractivity contribution in [1.82, 2.24) is 19.4 Å². The van der Waals surface area contributed by atoms with Crippen molar-refractivity contribution in [2.45, 2.75) is 0 Å². The van der Waals surface area contributed by atoms with Gasteiger partial charge in [0.15, 0.2) is 17.5 Å². The van der Waals surface area contributed by atoms with Crippen molar-refractivity contribution in [3.63, 3.8) is 0 Å². The van der Waals surface area contributed by atoms with Crippen molar-refractivity contribution in [2.75, 3.05) is 0 Å². The molecule has 10 aromatic rings. The molecule has 0 aliphatic heterocycles. The zero-order valence-electron chi connectivity index (χ0n) is 27.8. The van der Waals surface area contributed by atoms with Gasteiger partial charge in [0, 0.05) is 58.7 Å². The fraction of sp³-hybridized carbons (Fsp3) is 0. The van der Waals surface area contributed by atoms with Gasteiger partial charge in [-0.3, -0.25) is 0 Å². The predicted octanol–water partition coefficient (Wildman–Crippen LogP) is 11.7. The van der Waals surface area contributed by atoms with Crippen LogP contribution in [-0.4, -0.2) is 24.1 Å². The fourth-order valence-electron chi connectivity index (χ4n) is 7.28. The van der Waals surface area contributed by atoms with Crippen molar-refractivity contribution in [3.8, 4) is 45.3 Å². The molecule has 0 saturated heterocycles. The standard InChI is InChI=1S/C45H28BIN4S/c47-46(51-39-21-7-4-16-34(39)35-17-5-8-22-40(35)51)33-26-24-30(25-27-33)43-48-44(32-15-10-14-31(28-32)29-12-2-1-3-13-29)50-45(49-43)38-20-11-19-37-36-18-6-9-23-41(36)52-42(37)38/h1-28H. The summed E-state index contributed by atoms with van der Waals surface area (Å²) >= 11 is 4.35. The van der Waals surface area contributed by atoms with E-state index < -0.39 is 0 Å². The third kappa shape index (κ3) is 5.31. The molecule has 0 aliphatic carbocycles. The Labute approximate surface area is 318 Å². The van der Waals surface area contributed by atoms with E-state index in [1.807, 2.05) is 6.07 Å². The first-order valence-corrected chi connectivity index (χ1v) is 19.3. The highest BCUT2D eigenvalue weighted by Gasteiger charge is 2.22. The van der Waals surface area contributed by atoms with E-state index in [-0.39, 0.29) is 4.70 Å². The summed E-state index contributed by atoms with van der Waals surface area (Å²) in [6.07, 6.45) is 0. The minimum absolute atomic E-state index is 0.0900. The maximum absolute atomic E-state index is 5.18. The van der Waals surface area contributed by atoms with E-state index in [0.29, 0.717) is 17.5 Å². The summed E-state index contributed by atoms with van der Waals surface area (Å²) < 4.78 is 4.96. The fourth-order valence-corrected chi connectivity index (χ4v) is 9.51. The van der Waals surface area contributed by atoms with Crippen molar-refractivity contribution < 1.29 is 0 Å². The number of para-hydroxylation sites is 2. The second-order valence-electron chi connectivity index (χ2n) is 12.9. The number of halogens is 1. The molecule has 52 heavy (non-hydrogen) atoms. The van der Waals surface area contributed by atoms with Crippen molar-refractivity contribution in [2.24, 2.45) is 0 Å². The van der Waals surface area contributed by atoms with Gasteiger partial charge in [-0.25, -0.2) is 15.0 Å². The van der Waals surface area contributed by atoms with Crippen LogP contribution in [0.2, 0.25) is 0 Å². The lowest BCUT2D eigenvalue weighted by molar-refractivity contribution is 1.08. The number of rotatable bonds is 6. The normalized spacial score (nSPS) is 11.6. The van der Waals surface area contributed by atoms with Crippen molar-refractivity contribution in [3.05, 3.63) is 170 Å². The third-order valence-electron chi connectivity index (χ3n) is 9.80. The van der Waals surface area contributed by atoms with E-state index in [1.165, 1.54) is 47.4 Å². The summed E-state index contributed by atoms with van der Waals surface area (Å²) in [5.74, 6) is 1.97. The second-order valence-corrected chi connectivity index (χ2v) is 15.1. The van der Waals surface area contributed by atoms with Gasteiger partial charge in [-0.05, 0) is 46.9 Å². The van der Waals surface area contributed by atoms with Gasteiger partial charge in [0.05, 0.1) is 0 Å². The summed E-state index contributed by atoms with van der Waals surface area (Å²) in [7, 11) is 0. The Morgan fingerprint density at radius 2 is 1.00 bits per heavy atom. The van der Waals surface area contributed by atoms with E-state index in [2.05, 4.69) is 191 Å². The summed E-state index contributed by atoms with van der Waals surface area (Å²) in [5.41, 5.74) is 8.84. The van der Waals surface area contributed by atoms with Crippen LogP contribution in [0.1, 0.15) is 0 Å². The van der Waals surface area contributed by atoms with Gasteiger partial charge in [-0.15, -0.1) is 33.7 Å². The molecule has 3 heterocycles. The molecular formula is C45H28BIN4S. The molecule has 0 fully saturated rings. The molecule has 0 aliphatic rings. The lowest BCUT2D eigenvalue weighted by Gasteiger charge is -2.14. The van der Waals surface area contributed by atoms with Crippen LogP contribution in [0.4, 0.5) is 0 Å². The monoisotopic (exact) mass is 794 g/mol. The van der Waals surface area contributed by atoms with Crippen LogP contribution in [0.25, 0.3) is 87.3 Å². The first kappa shape index (κ1) is 31.1. The van der Waals surface area contributed by atoms with Crippen LogP contribution in [0.15, 0.2) is 170 Å². The molecule has 4 nitrogen and oxygen atoms in total. The number of hydrogen-bond acceptors (Lipinski definition) is 4. The van der Waals surface area contributed by atoms with Crippen molar-refractivity contribution in [1.29, 1.82) is 0 Å². The topological polar surface area (TPSA) is 43.6 Å². The van der Waals surface area contributed by atoms with E-state index in [9.17, 15) is 0 Å². The third-order valence-corrected chi connectivity index (χ3v) is 12.3. The predicted molar refractivity (Wildman–Crippen MR) is 229 cm³/mol. The van der Waals surface area contributed by atoms with Crippen LogP contribution in [0, 0.1) is 0 Å². The van der Waals surface area contributed by atoms with Crippen LogP contribution in [0.3, 0.4) is 0 Å². The SMILES string of the molecule is IB(c1ccc(-c2nc(-c3cccc(-c4ccccc4)c3)nc(-c3cccc4c3sc3ccccc34)n2)cc1)n1c2ccccc2c2ccccc21. The summed E-state index contributed by atoms with van der Waals surface area (Å²) in [5, 5.41) is 5.01. The second kappa shape index (κ2) is 12.8. The number of benzene rings is 7. The Kier molecular flexibility index (Phi) is 7.69. The minimum atomic E-state index is 0.0900. The van der Waals surface area contributed by atoms with Crippen LogP contribution < -0.4 is 5.46 Å². The largest absolute Gasteiger partial charge is 0.371 e. The Bertz CT molecular complexity index is 2880. The maximum atomic E-state index is 5.18. The number of nitrogens with zero attached hydrogens (tertiary/aromatic N) is 4. The minimum Gasteiger partial charge on any atom is -0.371 e. The molecule has 244 valence electrons. The van der Waals surface area contributed by atoms with E-state index in [4.69, 9.17) is 15.0 Å². The highest BCUT2D eigenvalue weighted by molar-refractivity contribution is 14.1. The highest BCUT2D eigenvalue weighted by Crippen LogP contribution is 2.40. The molecule has 0 N–H and O–H groups in total. The first-order chi connectivity index (χ1) is 25.7. The molecular weight excluding hydrogens is 766 g/mol. The molecule has 0 spiro atoms. The number of fused-ring (bicyclic) bond motifs is 6. The molecule has 0 saturated carbocycles. The van der Waals surface area contributed by atoms with Gasteiger partial charge in [0.25, 0.3) is 0 Å². The van der Waals surface area contributed by atoms with E-state index in [1.54, 1.807) is 11.3 Å². The molecule has 0 bridgehead atoms. The van der Waals surface area contributed by atoms with Gasteiger partial charge in [-0.1, -0.05) is 140 Å². The van der Waals surface area contributed by atoms with Crippen molar-refractivity contribution >= 4 is 85.9 Å². The Balaban J connectivity index is 1.11. The van der Waals surface area contributed by atoms with Crippen LogP contribution >= 0.6 is 33.7 Å². The average molecular weight is 795 g/mol. The summed E-state index contributed by atoms with van der Waals surface area (Å²) in [6, 6.07) is 60.0. The number of thiophene rings is 1. The molecule has 0 radical (unpaired) electrons. The number of hydrogen-bond donors (Lipinski definition) is 0. The van der Waals surface area contributed by atoms with E-state index in [0.717, 1.165) is 27.8 Å². The lowest BCUT2D eigenvalue weighted by Crippen LogP contribution is -2.31. The molecule has 10 rings (SSSR count). The molecule has 7 aromatic carbocycles. The quantitative estimate of drug-likeness (QED) is 0.124. The molecule has 3 aromatic heterocycles. The smallest absolute Gasteiger partial charge is 0.366 e. The molecule has 0 unspecified atom stereocenters. The van der Waals surface area contributed by atoms with E-state index >= 15 is 0 Å².